The van der Waals surface area contributed by atoms with Crippen molar-refractivity contribution in [2.75, 3.05) is 14.1 Å². The Labute approximate surface area is 122 Å². The van der Waals surface area contributed by atoms with E-state index >= 15 is 0 Å². The summed E-state index contributed by atoms with van der Waals surface area (Å²) >= 11 is -0.797. The Bertz CT molecular complexity index is 142. The summed E-state index contributed by atoms with van der Waals surface area (Å²) in [5.41, 5.74) is 0.672. The Hall–Kier alpha value is 1.75. The molecule has 14 heavy (non-hydrogen) atoms. The molecule has 0 aromatic heterocycles. The van der Waals surface area contributed by atoms with Gasteiger partial charge in [0.2, 0.25) is 0 Å². The fraction of sp³-hybridized carbons (Fsp3) is 1.00. The molecule has 0 aromatic carbocycles. The average molecular weight is 397 g/mol. The molecule has 0 radical (unpaired) electrons. The first-order chi connectivity index (χ1) is 5.55. The van der Waals surface area contributed by atoms with Crippen LogP contribution in [0.2, 0.25) is 0 Å². The van der Waals surface area contributed by atoms with Crippen LogP contribution in [0.5, 0.6) is 0 Å². The predicted octanol–water partition coefficient (Wildman–Crippen LogP) is 2.94. The zero-order valence-corrected chi connectivity index (χ0v) is 15.7. The zero-order valence-electron chi connectivity index (χ0n) is 10.8. The van der Waals surface area contributed by atoms with Gasteiger partial charge in [-0.2, -0.15) is 0 Å². The van der Waals surface area contributed by atoms with Crippen molar-refractivity contribution in [3.05, 3.63) is 0 Å². The third-order valence-electron chi connectivity index (χ3n) is 2.31. The average Bonchev–Trinajstić information content (AvgIpc) is 1.82. The van der Waals surface area contributed by atoms with Crippen molar-refractivity contribution in [1.29, 1.82) is 0 Å². The molecule has 0 fully saturated rings. The second kappa shape index (κ2) is 6.48. The molecule has 2 nitrogen and oxygen atoms in total. The molecule has 0 N–H and O–H groups in total. The van der Waals surface area contributed by atoms with Crippen molar-refractivity contribution in [2.45, 2.75) is 52.6 Å². The topological polar surface area (TPSA) is 6.48 Å². The van der Waals surface area contributed by atoms with E-state index in [4.69, 9.17) is 0 Å². The van der Waals surface area contributed by atoms with Crippen LogP contribution < -0.4 is 0 Å². The summed E-state index contributed by atoms with van der Waals surface area (Å²) in [6, 6.07) is 0. The van der Waals surface area contributed by atoms with Crippen LogP contribution in [0, 0.1) is 37.5 Å². The van der Waals surface area contributed by atoms with Gasteiger partial charge in [-0.15, -0.1) is 17.0 Å². The second-order valence-corrected chi connectivity index (χ2v) is 10.5. The van der Waals surface area contributed by atoms with E-state index in [-0.39, 0.29) is 17.0 Å². The Morgan fingerprint density at radius 2 is 0.929 bits per heavy atom. The Morgan fingerprint density at radius 1 is 0.714 bits per heavy atom. The molecule has 0 saturated heterocycles. The Kier molecular flexibility index (Phi) is 8.39. The van der Waals surface area contributed by atoms with Gasteiger partial charge in [-0.3, -0.25) is 0 Å². The molecule has 0 amide bonds. The number of hydrogen-bond donors (Lipinski definition) is 0. The third-order valence-corrected chi connectivity index (χ3v) is 8.54. The predicted molar refractivity (Wildman–Crippen MR) is 65.4 cm³/mol. The molecule has 0 unspecified atom stereocenters. The van der Waals surface area contributed by atoms with E-state index in [1.54, 1.807) is 0 Å². The number of halogens is 1. The molecule has 0 heterocycles. The minimum atomic E-state index is -0.797. The van der Waals surface area contributed by atoms with Gasteiger partial charge in [0.25, 0.3) is 0 Å². The number of nitrogens with zero attached hydrogens (tertiary/aromatic N) is 2. The first kappa shape index (κ1) is 18.1. The molecule has 0 saturated carbocycles. The summed E-state index contributed by atoms with van der Waals surface area (Å²) in [5, 5.41) is 0. The van der Waals surface area contributed by atoms with Crippen LogP contribution in [0.1, 0.15) is 41.5 Å². The summed E-state index contributed by atoms with van der Waals surface area (Å²) in [6.07, 6.45) is 0. The van der Waals surface area contributed by atoms with E-state index in [0.29, 0.717) is 11.1 Å². The van der Waals surface area contributed by atoms with Crippen LogP contribution in [0.4, 0.5) is 0 Å². The van der Waals surface area contributed by atoms with Crippen LogP contribution in [0.3, 0.4) is 0 Å². The van der Waals surface area contributed by atoms with Gasteiger partial charge in [-0.05, 0) is 0 Å². The summed E-state index contributed by atoms with van der Waals surface area (Å²) in [4.78, 5) is 0. The molecule has 4 heteroatoms. The SMILES string of the molecule is Br.C[N]([Nd][N](C)C(C)(C)C)C(C)(C)C. The molecule has 0 atom stereocenters. The summed E-state index contributed by atoms with van der Waals surface area (Å²) in [5.74, 6) is 0. The van der Waals surface area contributed by atoms with E-state index in [2.05, 4.69) is 57.6 Å². The quantitative estimate of drug-likeness (QED) is 0.707. The van der Waals surface area contributed by atoms with Crippen molar-refractivity contribution in [3.8, 4) is 0 Å². The van der Waals surface area contributed by atoms with Gasteiger partial charge in [0.1, 0.15) is 0 Å². The molecular weight excluding hydrogens is 372 g/mol. The molecule has 0 rings (SSSR count). The standard InChI is InChI=1S/2C5H12N.BrH.Nd/c2*1-5(2,3)6-4;;/h2*1-4H3;1H;/q2*-1;;+2. The molecule has 86 valence electrons. The zero-order chi connectivity index (χ0) is 10.9. The molecule has 0 aliphatic rings. The van der Waals surface area contributed by atoms with Crippen LogP contribution >= 0.6 is 17.0 Å². The van der Waals surface area contributed by atoms with E-state index in [1.807, 2.05) is 0 Å². The summed E-state index contributed by atoms with van der Waals surface area (Å²) in [6.45, 7) is 13.7. The first-order valence-electron chi connectivity index (χ1n) is 4.79. The maximum absolute atomic E-state index is 2.55. The molecule has 0 aromatic rings. The van der Waals surface area contributed by atoms with Gasteiger partial charge in [0.05, 0.1) is 0 Å². The van der Waals surface area contributed by atoms with Gasteiger partial charge >= 0.3 is 106 Å². The van der Waals surface area contributed by atoms with Gasteiger partial charge < -0.3 is 0 Å². The van der Waals surface area contributed by atoms with E-state index in [1.165, 1.54) is 0 Å². The van der Waals surface area contributed by atoms with Gasteiger partial charge in [-0.1, -0.05) is 0 Å². The van der Waals surface area contributed by atoms with E-state index in [0.717, 1.165) is 0 Å². The number of rotatable bonds is 2. The molecule has 0 aliphatic carbocycles. The minimum absolute atomic E-state index is 0. The first-order valence-corrected chi connectivity index (χ1v) is 7.66. The normalized spacial score (nSPS) is 13.0. The van der Waals surface area contributed by atoms with Crippen LogP contribution in [-0.2, 0) is 0 Å². The van der Waals surface area contributed by atoms with Crippen molar-refractivity contribution in [2.24, 2.45) is 0 Å². The van der Waals surface area contributed by atoms with Crippen LogP contribution in [0.25, 0.3) is 0 Å². The van der Waals surface area contributed by atoms with E-state index in [9.17, 15) is 0 Å². The summed E-state index contributed by atoms with van der Waals surface area (Å²) < 4.78 is 5.11. The molecular formula is C10H25BrN2Nd. The maximum atomic E-state index is 2.55. The van der Waals surface area contributed by atoms with Gasteiger partial charge in [0, 0.05) is 0 Å². The molecule has 0 aliphatic heterocycles. The van der Waals surface area contributed by atoms with Crippen molar-refractivity contribution < 1.29 is 37.5 Å². The van der Waals surface area contributed by atoms with Crippen LogP contribution in [0.15, 0.2) is 0 Å². The number of hydrogen-bond acceptors (Lipinski definition) is 2. The van der Waals surface area contributed by atoms with Crippen LogP contribution in [-0.4, -0.2) is 27.1 Å². The molecule has 0 spiro atoms. The van der Waals surface area contributed by atoms with Gasteiger partial charge in [0.15, 0.2) is 0 Å². The van der Waals surface area contributed by atoms with Crippen molar-refractivity contribution in [3.63, 3.8) is 0 Å². The Morgan fingerprint density at radius 3 is 1.07 bits per heavy atom. The molecule has 0 bridgehead atoms. The third kappa shape index (κ3) is 7.10. The fourth-order valence-electron chi connectivity index (χ4n) is 0.525. The van der Waals surface area contributed by atoms with Crippen molar-refractivity contribution >= 4 is 17.0 Å². The van der Waals surface area contributed by atoms with Gasteiger partial charge in [-0.25, -0.2) is 0 Å². The second-order valence-electron chi connectivity index (χ2n) is 5.56. The Balaban J connectivity index is 0. The summed E-state index contributed by atoms with van der Waals surface area (Å²) in [7, 11) is 4.51. The van der Waals surface area contributed by atoms with E-state index < -0.39 is 37.5 Å². The van der Waals surface area contributed by atoms with Crippen molar-refractivity contribution in [1.82, 2.24) is 1.97 Å². The fourth-order valence-corrected chi connectivity index (χ4v) is 3.89. The monoisotopic (exact) mass is 394 g/mol.